The van der Waals surface area contributed by atoms with Gasteiger partial charge in [0.15, 0.2) is 0 Å². The van der Waals surface area contributed by atoms with Crippen molar-refractivity contribution >= 4 is 22.6 Å². The number of anilines is 1. The first-order valence-corrected chi connectivity index (χ1v) is 10.7. The highest BCUT2D eigenvalue weighted by Crippen LogP contribution is 2.27. The van der Waals surface area contributed by atoms with E-state index in [9.17, 15) is 9.59 Å². The van der Waals surface area contributed by atoms with Crippen LogP contribution >= 0.6 is 0 Å². The minimum atomic E-state index is -0.418. The zero-order valence-corrected chi connectivity index (χ0v) is 18.4. The fraction of sp³-hybridized carbons (Fsp3) is 0.0741. The number of nitrogens with one attached hydrogen (secondary N) is 1. The average molecular weight is 451 g/mol. The topological polar surface area (TPSA) is 86.4 Å². The number of hydrogen-bond acceptors (Lipinski definition) is 5. The zero-order chi connectivity index (χ0) is 23.5. The number of benzene rings is 3. The van der Waals surface area contributed by atoms with Gasteiger partial charge in [-0.25, -0.2) is 4.79 Å². The molecule has 1 N–H and O–H groups in total. The summed E-state index contributed by atoms with van der Waals surface area (Å²) >= 11 is 0. The molecule has 2 heterocycles. The van der Waals surface area contributed by atoms with Crippen LogP contribution in [-0.2, 0) is 6.54 Å². The number of ether oxygens (including phenoxy) is 1. The molecule has 0 aliphatic heterocycles. The molecule has 2 aromatic heterocycles. The lowest BCUT2D eigenvalue weighted by Crippen LogP contribution is -2.12. The van der Waals surface area contributed by atoms with Crippen LogP contribution in [0.25, 0.3) is 22.2 Å². The van der Waals surface area contributed by atoms with Gasteiger partial charge in [0.05, 0.1) is 19.2 Å². The number of carbonyl (C=O) groups excluding carboxylic acids is 1. The molecule has 5 aromatic rings. The van der Waals surface area contributed by atoms with E-state index in [-0.39, 0.29) is 5.91 Å². The Hall–Kier alpha value is -4.65. The molecular weight excluding hydrogens is 430 g/mol. The molecule has 3 aromatic carbocycles. The summed E-state index contributed by atoms with van der Waals surface area (Å²) < 4.78 is 12.3. The van der Waals surface area contributed by atoms with Gasteiger partial charge in [-0.2, -0.15) is 5.10 Å². The summed E-state index contributed by atoms with van der Waals surface area (Å²) in [6.45, 7) is 0.528. The molecule has 0 atom stereocenters. The third kappa shape index (κ3) is 4.45. The number of aromatic nitrogens is 2. The lowest BCUT2D eigenvalue weighted by Gasteiger charge is -2.07. The van der Waals surface area contributed by atoms with Gasteiger partial charge >= 0.3 is 5.63 Å². The minimum absolute atomic E-state index is 0.297. The van der Waals surface area contributed by atoms with E-state index in [0.29, 0.717) is 40.2 Å². The standard InChI is InChI=1S/C27H21N3O4/c1-33-22-9-5-8-20(15-22)26-23(17-30(29-26)16-18-6-3-2-4-7-18)27(32)28-21-11-12-24-19(14-21)10-13-25(31)34-24/h2-15,17H,16H2,1H3,(H,28,32). The summed E-state index contributed by atoms with van der Waals surface area (Å²) in [5.41, 5.74) is 3.46. The molecule has 0 fully saturated rings. The molecule has 0 saturated carbocycles. The number of fused-ring (bicyclic) bond motifs is 1. The molecule has 0 unspecified atom stereocenters. The van der Waals surface area contributed by atoms with Gasteiger partial charge < -0.3 is 14.5 Å². The average Bonchev–Trinajstić information content (AvgIpc) is 3.29. The lowest BCUT2D eigenvalue weighted by molar-refractivity contribution is 0.102. The third-order valence-corrected chi connectivity index (χ3v) is 5.41. The fourth-order valence-electron chi connectivity index (χ4n) is 3.77. The normalized spacial score (nSPS) is 10.9. The predicted molar refractivity (Wildman–Crippen MR) is 130 cm³/mol. The summed E-state index contributed by atoms with van der Waals surface area (Å²) in [6, 6.07) is 25.5. The van der Waals surface area contributed by atoms with Crippen molar-refractivity contribution in [3.8, 4) is 17.0 Å². The molecule has 0 radical (unpaired) electrons. The highest BCUT2D eigenvalue weighted by atomic mass is 16.5. The van der Waals surface area contributed by atoms with Gasteiger partial charge in [-0.1, -0.05) is 42.5 Å². The molecule has 7 heteroatoms. The maximum Gasteiger partial charge on any atom is 0.336 e. The number of carbonyl (C=O) groups is 1. The number of rotatable bonds is 6. The Morgan fingerprint density at radius 1 is 1.00 bits per heavy atom. The van der Waals surface area contributed by atoms with Crippen molar-refractivity contribution in [2.45, 2.75) is 6.54 Å². The second kappa shape index (κ2) is 9.07. The Morgan fingerprint density at radius 3 is 2.68 bits per heavy atom. The van der Waals surface area contributed by atoms with Gasteiger partial charge in [0.2, 0.25) is 0 Å². The van der Waals surface area contributed by atoms with Crippen LogP contribution in [0.5, 0.6) is 5.75 Å². The van der Waals surface area contributed by atoms with Gasteiger partial charge in [0, 0.05) is 28.9 Å². The minimum Gasteiger partial charge on any atom is -0.497 e. The Balaban J connectivity index is 1.51. The molecule has 0 bridgehead atoms. The van der Waals surface area contributed by atoms with Crippen LogP contribution in [0.2, 0.25) is 0 Å². The summed E-state index contributed by atoms with van der Waals surface area (Å²) in [4.78, 5) is 24.8. The van der Waals surface area contributed by atoms with Crippen molar-refractivity contribution in [3.63, 3.8) is 0 Å². The van der Waals surface area contributed by atoms with Crippen LogP contribution in [0.3, 0.4) is 0 Å². The number of nitrogens with zero attached hydrogens (tertiary/aromatic N) is 2. The Bertz CT molecular complexity index is 1540. The van der Waals surface area contributed by atoms with E-state index in [4.69, 9.17) is 14.3 Å². The van der Waals surface area contributed by atoms with Crippen molar-refractivity contribution in [3.05, 3.63) is 113 Å². The first-order valence-electron chi connectivity index (χ1n) is 10.7. The Labute approximate surface area is 195 Å². The van der Waals surface area contributed by atoms with E-state index in [1.165, 1.54) is 6.07 Å². The van der Waals surface area contributed by atoms with Crippen LogP contribution in [-0.4, -0.2) is 22.8 Å². The first kappa shape index (κ1) is 21.2. The fourth-order valence-corrected chi connectivity index (χ4v) is 3.77. The monoisotopic (exact) mass is 451 g/mol. The summed E-state index contributed by atoms with van der Waals surface area (Å²) in [6.07, 6.45) is 1.75. The number of methoxy groups -OCH3 is 1. The van der Waals surface area contributed by atoms with Crippen LogP contribution in [0, 0.1) is 0 Å². The molecule has 0 saturated heterocycles. The van der Waals surface area contributed by atoms with E-state index in [1.807, 2.05) is 54.6 Å². The highest BCUT2D eigenvalue weighted by molar-refractivity contribution is 6.08. The van der Waals surface area contributed by atoms with Gasteiger partial charge in [-0.3, -0.25) is 9.48 Å². The molecule has 5 rings (SSSR count). The van der Waals surface area contributed by atoms with Crippen molar-refractivity contribution < 1.29 is 13.9 Å². The van der Waals surface area contributed by atoms with Crippen molar-refractivity contribution in [1.82, 2.24) is 9.78 Å². The molecule has 1 amide bonds. The maximum absolute atomic E-state index is 13.3. The second-order valence-corrected chi connectivity index (χ2v) is 7.77. The number of hydrogen-bond donors (Lipinski definition) is 1. The summed E-state index contributed by atoms with van der Waals surface area (Å²) in [5.74, 6) is 0.381. The number of amides is 1. The van der Waals surface area contributed by atoms with E-state index in [0.717, 1.165) is 11.1 Å². The SMILES string of the molecule is COc1cccc(-c2nn(Cc3ccccc3)cc2C(=O)Nc2ccc3oc(=O)ccc3c2)c1. The molecule has 0 aliphatic carbocycles. The maximum atomic E-state index is 13.3. The van der Waals surface area contributed by atoms with Gasteiger partial charge in [0.1, 0.15) is 17.0 Å². The van der Waals surface area contributed by atoms with E-state index >= 15 is 0 Å². The molecule has 7 nitrogen and oxygen atoms in total. The Morgan fingerprint density at radius 2 is 1.85 bits per heavy atom. The highest BCUT2D eigenvalue weighted by Gasteiger charge is 2.19. The quantitative estimate of drug-likeness (QED) is 0.369. The summed E-state index contributed by atoms with van der Waals surface area (Å²) in [7, 11) is 1.60. The summed E-state index contributed by atoms with van der Waals surface area (Å²) in [5, 5.41) is 8.37. The molecular formula is C27H21N3O4. The van der Waals surface area contributed by atoms with Crippen molar-refractivity contribution in [1.29, 1.82) is 0 Å². The van der Waals surface area contributed by atoms with Crippen LogP contribution in [0.1, 0.15) is 15.9 Å². The molecule has 0 aliphatic rings. The Kier molecular flexibility index (Phi) is 5.66. The van der Waals surface area contributed by atoms with Crippen LogP contribution < -0.4 is 15.7 Å². The lowest BCUT2D eigenvalue weighted by atomic mass is 10.1. The van der Waals surface area contributed by atoms with Gasteiger partial charge in [0.25, 0.3) is 5.91 Å². The van der Waals surface area contributed by atoms with E-state index < -0.39 is 5.63 Å². The molecule has 0 spiro atoms. The first-order chi connectivity index (χ1) is 16.6. The van der Waals surface area contributed by atoms with E-state index in [1.54, 1.807) is 42.3 Å². The molecule has 34 heavy (non-hydrogen) atoms. The molecule has 168 valence electrons. The van der Waals surface area contributed by atoms with E-state index in [2.05, 4.69) is 5.32 Å². The largest absolute Gasteiger partial charge is 0.497 e. The zero-order valence-electron chi connectivity index (χ0n) is 18.4. The third-order valence-electron chi connectivity index (χ3n) is 5.41. The van der Waals surface area contributed by atoms with Crippen molar-refractivity contribution in [2.24, 2.45) is 0 Å². The van der Waals surface area contributed by atoms with Gasteiger partial charge in [-0.05, 0) is 42.0 Å². The predicted octanol–water partition coefficient (Wildman–Crippen LogP) is 4.97. The van der Waals surface area contributed by atoms with Crippen molar-refractivity contribution in [2.75, 3.05) is 12.4 Å². The second-order valence-electron chi connectivity index (χ2n) is 7.77. The smallest absolute Gasteiger partial charge is 0.336 e. The van der Waals surface area contributed by atoms with Gasteiger partial charge in [-0.15, -0.1) is 0 Å². The van der Waals surface area contributed by atoms with Crippen LogP contribution in [0.15, 0.2) is 100 Å². The van der Waals surface area contributed by atoms with Crippen LogP contribution in [0.4, 0.5) is 5.69 Å².